The molecule has 2 nitrogen and oxygen atoms in total. The van der Waals surface area contributed by atoms with E-state index < -0.39 is 5.82 Å². The van der Waals surface area contributed by atoms with E-state index in [4.69, 9.17) is 5.11 Å². The highest BCUT2D eigenvalue weighted by Gasteiger charge is 1.96. The van der Waals surface area contributed by atoms with Crippen molar-refractivity contribution in [3.63, 3.8) is 0 Å². The fourth-order valence-electron chi connectivity index (χ4n) is 0.496. The Labute approximate surface area is 52.0 Å². The molecule has 0 aliphatic rings. The van der Waals surface area contributed by atoms with E-state index in [1.165, 1.54) is 13.1 Å². The molecule has 9 heavy (non-hydrogen) atoms. The zero-order valence-corrected chi connectivity index (χ0v) is 4.93. The smallest absolute Gasteiger partial charge is 0.148 e. The first-order valence-corrected chi connectivity index (χ1v) is 2.51. The van der Waals surface area contributed by atoms with Crippen LogP contribution in [0.5, 0.6) is 5.75 Å². The van der Waals surface area contributed by atoms with Crippen molar-refractivity contribution in [3.8, 4) is 5.75 Å². The highest BCUT2D eigenvalue weighted by atomic mass is 19.1. The zero-order chi connectivity index (χ0) is 6.85. The van der Waals surface area contributed by atoms with E-state index in [-0.39, 0.29) is 5.75 Å². The number of pyridine rings is 1. The fraction of sp³-hybridized carbons (Fsp3) is 0.167. The Morgan fingerprint density at radius 2 is 2.33 bits per heavy atom. The van der Waals surface area contributed by atoms with Gasteiger partial charge < -0.3 is 5.11 Å². The Kier molecular flexibility index (Phi) is 1.34. The number of hydrogen-bond acceptors (Lipinski definition) is 2. The van der Waals surface area contributed by atoms with Crippen molar-refractivity contribution in [2.75, 3.05) is 0 Å². The van der Waals surface area contributed by atoms with E-state index in [2.05, 4.69) is 4.98 Å². The number of nitrogens with zero attached hydrogens (tertiary/aromatic N) is 1. The number of halogens is 1. The minimum Gasteiger partial charge on any atom is -0.506 e. The van der Waals surface area contributed by atoms with Crippen LogP contribution in [0.3, 0.4) is 0 Å². The molecule has 0 amide bonds. The van der Waals surface area contributed by atoms with Crippen LogP contribution >= 0.6 is 0 Å². The molecule has 1 aromatic rings. The summed E-state index contributed by atoms with van der Waals surface area (Å²) in [6.45, 7) is 1.54. The average molecular weight is 127 g/mol. The summed E-state index contributed by atoms with van der Waals surface area (Å²) in [4.78, 5) is 3.55. The first-order chi connectivity index (χ1) is 4.20. The van der Waals surface area contributed by atoms with E-state index >= 15 is 0 Å². The molecule has 1 N–H and O–H groups in total. The molecule has 0 bridgehead atoms. The molecule has 48 valence electrons. The van der Waals surface area contributed by atoms with Crippen LogP contribution in [-0.4, -0.2) is 10.1 Å². The fourth-order valence-corrected chi connectivity index (χ4v) is 0.496. The third-order valence-electron chi connectivity index (χ3n) is 1.01. The van der Waals surface area contributed by atoms with Gasteiger partial charge in [-0.25, -0.2) is 4.39 Å². The van der Waals surface area contributed by atoms with Gasteiger partial charge in [0.1, 0.15) is 11.6 Å². The molecule has 0 fully saturated rings. The summed E-state index contributed by atoms with van der Waals surface area (Å²) in [6, 6.07) is 1.03. The summed E-state index contributed by atoms with van der Waals surface area (Å²) >= 11 is 0. The van der Waals surface area contributed by atoms with Gasteiger partial charge in [0.25, 0.3) is 0 Å². The van der Waals surface area contributed by atoms with Gasteiger partial charge in [0, 0.05) is 6.07 Å². The Bertz CT molecular complexity index is 224. The quantitative estimate of drug-likeness (QED) is 0.568. The first-order valence-electron chi connectivity index (χ1n) is 2.51. The Hall–Kier alpha value is -1.12. The lowest BCUT2D eigenvalue weighted by atomic mass is 10.3. The van der Waals surface area contributed by atoms with Crippen molar-refractivity contribution < 1.29 is 9.50 Å². The number of aromatic hydroxyl groups is 1. The summed E-state index contributed by atoms with van der Waals surface area (Å²) in [5, 5.41) is 8.64. The number of hydrogen-bond donors (Lipinski definition) is 1. The topological polar surface area (TPSA) is 33.1 Å². The SMILES string of the molecule is Cc1ncc(O)cc1F. The maximum Gasteiger partial charge on any atom is 0.148 e. The van der Waals surface area contributed by atoms with Crippen molar-refractivity contribution in [1.29, 1.82) is 0 Å². The summed E-state index contributed by atoms with van der Waals surface area (Å²) in [7, 11) is 0. The molecule has 0 aliphatic carbocycles. The molecule has 0 aliphatic heterocycles. The van der Waals surface area contributed by atoms with Gasteiger partial charge in [0.05, 0.1) is 11.9 Å². The summed E-state index contributed by atoms with van der Waals surface area (Å²) < 4.78 is 12.4. The van der Waals surface area contributed by atoms with Crippen molar-refractivity contribution in [1.82, 2.24) is 4.98 Å². The second-order valence-corrected chi connectivity index (χ2v) is 1.76. The Balaban J connectivity index is 3.17. The minimum atomic E-state index is -0.477. The van der Waals surface area contributed by atoms with E-state index in [1.807, 2.05) is 0 Å². The Morgan fingerprint density at radius 1 is 1.67 bits per heavy atom. The van der Waals surface area contributed by atoms with Crippen molar-refractivity contribution in [2.45, 2.75) is 6.92 Å². The van der Waals surface area contributed by atoms with Gasteiger partial charge in [-0.1, -0.05) is 0 Å². The van der Waals surface area contributed by atoms with Gasteiger partial charge in [-0.3, -0.25) is 4.98 Å². The number of aryl methyl sites for hydroxylation is 1. The molecule has 0 saturated heterocycles. The first kappa shape index (κ1) is 6.01. The molecule has 3 heteroatoms. The van der Waals surface area contributed by atoms with Crippen LogP contribution in [0, 0.1) is 12.7 Å². The maximum atomic E-state index is 12.4. The Morgan fingerprint density at radius 3 is 2.78 bits per heavy atom. The number of aromatic nitrogens is 1. The maximum absolute atomic E-state index is 12.4. The van der Waals surface area contributed by atoms with Crippen LogP contribution in [0.4, 0.5) is 4.39 Å². The van der Waals surface area contributed by atoms with Gasteiger partial charge in [-0.2, -0.15) is 0 Å². The van der Waals surface area contributed by atoms with E-state index in [0.29, 0.717) is 5.69 Å². The van der Waals surface area contributed by atoms with Gasteiger partial charge in [0.15, 0.2) is 0 Å². The number of rotatable bonds is 0. The third-order valence-corrected chi connectivity index (χ3v) is 1.01. The molecule has 0 saturated carbocycles. The monoisotopic (exact) mass is 127 g/mol. The molecule has 0 aromatic carbocycles. The molecule has 0 spiro atoms. The molecule has 1 rings (SSSR count). The van der Waals surface area contributed by atoms with E-state index in [9.17, 15) is 4.39 Å². The van der Waals surface area contributed by atoms with Crippen LogP contribution in [0.2, 0.25) is 0 Å². The standard InChI is InChI=1S/C6H6FNO/c1-4-6(7)2-5(9)3-8-4/h2-3,9H,1H3. The average Bonchev–Trinajstić information content (AvgIpc) is 1.80. The molecule has 0 unspecified atom stereocenters. The summed E-state index contributed by atoms with van der Waals surface area (Å²) in [5.41, 5.74) is 0.299. The van der Waals surface area contributed by atoms with Gasteiger partial charge >= 0.3 is 0 Å². The van der Waals surface area contributed by atoms with E-state index in [0.717, 1.165) is 6.07 Å². The van der Waals surface area contributed by atoms with Crippen molar-refractivity contribution in [3.05, 3.63) is 23.8 Å². The lowest BCUT2D eigenvalue weighted by molar-refractivity contribution is 0.464. The zero-order valence-electron chi connectivity index (χ0n) is 4.93. The second-order valence-electron chi connectivity index (χ2n) is 1.76. The van der Waals surface area contributed by atoms with Crippen LogP contribution in [-0.2, 0) is 0 Å². The van der Waals surface area contributed by atoms with Gasteiger partial charge in [-0.15, -0.1) is 0 Å². The van der Waals surface area contributed by atoms with Crippen LogP contribution in [0.1, 0.15) is 5.69 Å². The predicted molar refractivity (Wildman–Crippen MR) is 30.6 cm³/mol. The molecule has 1 aromatic heterocycles. The van der Waals surface area contributed by atoms with Crippen LogP contribution < -0.4 is 0 Å². The van der Waals surface area contributed by atoms with Crippen LogP contribution in [0.25, 0.3) is 0 Å². The minimum absolute atomic E-state index is 0.141. The third kappa shape index (κ3) is 1.16. The summed E-state index contributed by atoms with van der Waals surface area (Å²) in [6.07, 6.45) is 1.21. The molecule has 1 heterocycles. The molecule has 0 atom stereocenters. The summed E-state index contributed by atoms with van der Waals surface area (Å²) in [5.74, 6) is -0.617. The molecular formula is C6H6FNO. The normalized spacial score (nSPS) is 9.56. The lowest BCUT2D eigenvalue weighted by Gasteiger charge is -1.93. The van der Waals surface area contributed by atoms with E-state index in [1.54, 1.807) is 0 Å². The predicted octanol–water partition coefficient (Wildman–Crippen LogP) is 1.23. The van der Waals surface area contributed by atoms with Crippen LogP contribution in [0.15, 0.2) is 12.3 Å². The van der Waals surface area contributed by atoms with Crippen molar-refractivity contribution >= 4 is 0 Å². The lowest BCUT2D eigenvalue weighted by Crippen LogP contribution is -1.84. The largest absolute Gasteiger partial charge is 0.506 e. The van der Waals surface area contributed by atoms with Crippen molar-refractivity contribution in [2.24, 2.45) is 0 Å². The molecule has 0 radical (unpaired) electrons. The highest BCUT2D eigenvalue weighted by Crippen LogP contribution is 2.09. The van der Waals surface area contributed by atoms with Gasteiger partial charge in [0.2, 0.25) is 0 Å². The second kappa shape index (κ2) is 2.01. The van der Waals surface area contributed by atoms with Gasteiger partial charge in [-0.05, 0) is 6.92 Å². The highest BCUT2D eigenvalue weighted by molar-refractivity contribution is 5.18. The molecular weight excluding hydrogens is 121 g/mol.